The van der Waals surface area contributed by atoms with Gasteiger partial charge in [-0.15, -0.1) is 6.58 Å². The summed E-state index contributed by atoms with van der Waals surface area (Å²) in [7, 11) is 1.56. The van der Waals surface area contributed by atoms with Crippen molar-refractivity contribution in [2.24, 2.45) is 0 Å². The molecule has 0 heterocycles. The van der Waals surface area contributed by atoms with Gasteiger partial charge in [0.25, 0.3) is 5.91 Å². The maximum absolute atomic E-state index is 11.8. The predicted molar refractivity (Wildman–Crippen MR) is 73.5 cm³/mol. The van der Waals surface area contributed by atoms with Gasteiger partial charge in [-0.2, -0.15) is 5.26 Å². The van der Waals surface area contributed by atoms with Crippen LogP contribution in [0.4, 0.5) is 5.69 Å². The Hall–Kier alpha value is -2.74. The van der Waals surface area contributed by atoms with Gasteiger partial charge >= 0.3 is 0 Å². The molecule has 0 aliphatic heterocycles. The van der Waals surface area contributed by atoms with Crippen LogP contribution in [0.1, 0.15) is 0 Å². The number of hydrogen-bond acceptors (Lipinski definition) is 4. The minimum Gasteiger partial charge on any atom is -0.497 e. The van der Waals surface area contributed by atoms with E-state index in [1.54, 1.807) is 37.5 Å². The van der Waals surface area contributed by atoms with Crippen molar-refractivity contribution in [3.63, 3.8) is 0 Å². The van der Waals surface area contributed by atoms with E-state index >= 15 is 0 Å². The molecular weight excluding hydrogens is 242 g/mol. The van der Waals surface area contributed by atoms with Crippen molar-refractivity contribution in [3.8, 4) is 11.8 Å². The maximum atomic E-state index is 11.8. The number of carbonyl (C=O) groups excluding carboxylic acids is 1. The first kappa shape index (κ1) is 14.3. The summed E-state index contributed by atoms with van der Waals surface area (Å²) in [6, 6.07) is 8.67. The lowest BCUT2D eigenvalue weighted by molar-refractivity contribution is -0.112. The van der Waals surface area contributed by atoms with Crippen molar-refractivity contribution < 1.29 is 9.53 Å². The molecule has 0 fully saturated rings. The lowest BCUT2D eigenvalue weighted by Crippen LogP contribution is -2.16. The van der Waals surface area contributed by atoms with E-state index in [-0.39, 0.29) is 5.57 Å². The highest BCUT2D eigenvalue weighted by Gasteiger charge is 2.08. The van der Waals surface area contributed by atoms with E-state index in [1.807, 2.05) is 6.07 Å². The highest BCUT2D eigenvalue weighted by atomic mass is 16.5. The van der Waals surface area contributed by atoms with Crippen molar-refractivity contribution in [3.05, 3.63) is 48.7 Å². The van der Waals surface area contributed by atoms with Crippen LogP contribution in [0.15, 0.2) is 48.7 Å². The van der Waals surface area contributed by atoms with E-state index in [4.69, 9.17) is 10.00 Å². The van der Waals surface area contributed by atoms with E-state index in [9.17, 15) is 4.79 Å². The zero-order valence-electron chi connectivity index (χ0n) is 10.6. The van der Waals surface area contributed by atoms with Crippen LogP contribution in [0.2, 0.25) is 0 Å². The van der Waals surface area contributed by atoms with Gasteiger partial charge in [0.15, 0.2) is 0 Å². The Labute approximate surface area is 112 Å². The second-order valence-corrected chi connectivity index (χ2v) is 3.55. The molecule has 1 aromatic carbocycles. The zero-order chi connectivity index (χ0) is 14.1. The largest absolute Gasteiger partial charge is 0.497 e. The molecule has 19 heavy (non-hydrogen) atoms. The normalized spacial score (nSPS) is 10.2. The molecule has 1 aromatic rings. The number of nitrogens with zero attached hydrogens (tertiary/aromatic N) is 1. The van der Waals surface area contributed by atoms with Crippen LogP contribution in [-0.4, -0.2) is 19.6 Å². The summed E-state index contributed by atoms with van der Waals surface area (Å²) < 4.78 is 5.01. The Bertz CT molecular complexity index is 512. The summed E-state index contributed by atoms with van der Waals surface area (Å²) in [5, 5.41) is 14.3. The topological polar surface area (TPSA) is 74.2 Å². The average molecular weight is 257 g/mol. The first-order valence-corrected chi connectivity index (χ1v) is 5.61. The van der Waals surface area contributed by atoms with Gasteiger partial charge in [-0.25, -0.2) is 0 Å². The number of anilines is 1. The van der Waals surface area contributed by atoms with E-state index < -0.39 is 5.91 Å². The third-order valence-electron chi connectivity index (χ3n) is 2.22. The number of nitriles is 1. The van der Waals surface area contributed by atoms with Crippen molar-refractivity contribution in [1.82, 2.24) is 5.32 Å². The van der Waals surface area contributed by atoms with Crippen molar-refractivity contribution in [2.45, 2.75) is 0 Å². The van der Waals surface area contributed by atoms with Gasteiger partial charge in [0.05, 0.1) is 7.11 Å². The monoisotopic (exact) mass is 257 g/mol. The van der Waals surface area contributed by atoms with Gasteiger partial charge in [0.1, 0.15) is 17.4 Å². The standard InChI is InChI=1S/C14H15N3O2/c1-3-8-16-10-11(9-15)14(18)17-12-4-6-13(19-2)7-5-12/h3-7,10,16H,1,8H2,2H3,(H,17,18)/b11-10-. The Kier molecular flexibility index (Phi) is 5.70. The molecule has 0 radical (unpaired) electrons. The number of rotatable bonds is 6. The van der Waals surface area contributed by atoms with Crippen LogP contribution in [0.3, 0.4) is 0 Å². The summed E-state index contributed by atoms with van der Waals surface area (Å²) >= 11 is 0. The van der Waals surface area contributed by atoms with Crippen LogP contribution in [0.25, 0.3) is 0 Å². The summed E-state index contributed by atoms with van der Waals surface area (Å²) in [5.41, 5.74) is 0.591. The molecule has 0 saturated carbocycles. The molecule has 2 N–H and O–H groups in total. The zero-order valence-corrected chi connectivity index (χ0v) is 10.6. The molecule has 0 unspecified atom stereocenters. The predicted octanol–water partition coefficient (Wildman–Crippen LogP) is 1.82. The number of amides is 1. The van der Waals surface area contributed by atoms with Gasteiger partial charge in [-0.05, 0) is 24.3 Å². The van der Waals surface area contributed by atoms with Crippen LogP contribution in [0, 0.1) is 11.3 Å². The number of hydrogen-bond donors (Lipinski definition) is 2. The Morgan fingerprint density at radius 1 is 1.47 bits per heavy atom. The Balaban J connectivity index is 2.68. The summed E-state index contributed by atoms with van der Waals surface area (Å²) in [6.45, 7) is 4.01. The first-order valence-electron chi connectivity index (χ1n) is 5.61. The molecule has 98 valence electrons. The SMILES string of the molecule is C=CCN/C=C(/C#N)C(=O)Nc1ccc(OC)cc1. The quantitative estimate of drug-likeness (QED) is 0.353. The van der Waals surface area contributed by atoms with E-state index in [2.05, 4.69) is 17.2 Å². The minimum absolute atomic E-state index is 0.00216. The van der Waals surface area contributed by atoms with Gasteiger partial charge in [-0.1, -0.05) is 6.08 Å². The number of ether oxygens (including phenoxy) is 1. The molecule has 0 atom stereocenters. The fourth-order valence-electron chi connectivity index (χ4n) is 1.27. The third kappa shape index (κ3) is 4.56. The fourth-order valence-corrected chi connectivity index (χ4v) is 1.27. The number of methoxy groups -OCH3 is 1. The maximum Gasteiger partial charge on any atom is 0.267 e. The van der Waals surface area contributed by atoms with E-state index in [0.717, 1.165) is 0 Å². The van der Waals surface area contributed by atoms with Gasteiger partial charge in [0.2, 0.25) is 0 Å². The summed E-state index contributed by atoms with van der Waals surface area (Å²) in [5.74, 6) is 0.228. The second kappa shape index (κ2) is 7.56. The molecule has 0 aromatic heterocycles. The second-order valence-electron chi connectivity index (χ2n) is 3.55. The summed E-state index contributed by atoms with van der Waals surface area (Å²) in [6.07, 6.45) is 2.99. The third-order valence-corrected chi connectivity index (χ3v) is 2.22. The number of benzene rings is 1. The van der Waals surface area contributed by atoms with Crippen molar-refractivity contribution in [2.75, 3.05) is 19.0 Å². The van der Waals surface area contributed by atoms with E-state index in [1.165, 1.54) is 6.20 Å². The van der Waals surface area contributed by atoms with Crippen molar-refractivity contribution in [1.29, 1.82) is 5.26 Å². The Morgan fingerprint density at radius 2 is 2.16 bits per heavy atom. The van der Waals surface area contributed by atoms with Gasteiger partial charge in [-0.3, -0.25) is 4.79 Å². The van der Waals surface area contributed by atoms with Crippen LogP contribution >= 0.6 is 0 Å². The highest BCUT2D eigenvalue weighted by molar-refractivity contribution is 6.06. The van der Waals surface area contributed by atoms with E-state index in [0.29, 0.717) is 18.0 Å². The van der Waals surface area contributed by atoms with Crippen LogP contribution in [-0.2, 0) is 4.79 Å². The minimum atomic E-state index is -0.468. The molecule has 0 bridgehead atoms. The molecule has 0 spiro atoms. The molecule has 0 saturated heterocycles. The molecule has 1 amide bonds. The molecule has 0 aliphatic carbocycles. The lowest BCUT2D eigenvalue weighted by atomic mass is 10.2. The molecular formula is C14H15N3O2. The number of nitrogens with one attached hydrogen (secondary N) is 2. The summed E-state index contributed by atoms with van der Waals surface area (Å²) in [4.78, 5) is 11.8. The Morgan fingerprint density at radius 3 is 2.68 bits per heavy atom. The molecule has 1 rings (SSSR count). The highest BCUT2D eigenvalue weighted by Crippen LogP contribution is 2.15. The lowest BCUT2D eigenvalue weighted by Gasteiger charge is -2.05. The van der Waals surface area contributed by atoms with Crippen molar-refractivity contribution >= 4 is 11.6 Å². The first-order chi connectivity index (χ1) is 9.21. The molecule has 5 nitrogen and oxygen atoms in total. The van der Waals surface area contributed by atoms with Crippen LogP contribution < -0.4 is 15.4 Å². The number of carbonyl (C=O) groups is 1. The van der Waals surface area contributed by atoms with Gasteiger partial charge in [0, 0.05) is 18.4 Å². The van der Waals surface area contributed by atoms with Gasteiger partial charge < -0.3 is 15.4 Å². The molecule has 5 heteroatoms. The average Bonchev–Trinajstić information content (AvgIpc) is 2.44. The smallest absolute Gasteiger partial charge is 0.267 e. The van der Waals surface area contributed by atoms with Crippen LogP contribution in [0.5, 0.6) is 5.75 Å². The fraction of sp³-hybridized carbons (Fsp3) is 0.143. The molecule has 0 aliphatic rings.